The molecule has 4 atom stereocenters. The quantitative estimate of drug-likeness (QED) is 0.616. The van der Waals surface area contributed by atoms with Gasteiger partial charge >= 0.3 is 0 Å². The molecule has 2 nitrogen and oxygen atoms in total. The summed E-state index contributed by atoms with van der Waals surface area (Å²) in [6.07, 6.45) is 5.71. The van der Waals surface area contributed by atoms with E-state index in [-0.39, 0.29) is 21.3 Å². The number of hydrogen-bond acceptors (Lipinski definition) is 2. The minimum absolute atomic E-state index is 0.122. The highest BCUT2D eigenvalue weighted by molar-refractivity contribution is 6.74. The predicted molar refractivity (Wildman–Crippen MR) is 98.0 cm³/mol. The van der Waals surface area contributed by atoms with Crippen molar-refractivity contribution in [3.63, 3.8) is 0 Å². The van der Waals surface area contributed by atoms with Crippen molar-refractivity contribution in [3.05, 3.63) is 0 Å². The lowest BCUT2D eigenvalue weighted by atomic mass is 9.48. The Morgan fingerprint density at radius 2 is 1.74 bits per heavy atom. The van der Waals surface area contributed by atoms with Crippen molar-refractivity contribution in [1.29, 1.82) is 0 Å². The van der Waals surface area contributed by atoms with Crippen LogP contribution >= 0.6 is 0 Å². The molecule has 3 aliphatic rings. The van der Waals surface area contributed by atoms with Crippen molar-refractivity contribution in [1.82, 2.24) is 0 Å². The molecule has 3 saturated carbocycles. The molecule has 0 aromatic rings. The van der Waals surface area contributed by atoms with E-state index in [9.17, 15) is 4.79 Å². The molecule has 0 heterocycles. The van der Waals surface area contributed by atoms with Crippen LogP contribution in [0.4, 0.5) is 0 Å². The van der Waals surface area contributed by atoms with Crippen molar-refractivity contribution in [2.45, 2.75) is 97.9 Å². The number of carbonyl (C=O) groups is 1. The van der Waals surface area contributed by atoms with Crippen LogP contribution in [0.2, 0.25) is 18.1 Å². The van der Waals surface area contributed by atoms with Crippen molar-refractivity contribution in [3.8, 4) is 0 Å². The fourth-order valence-electron chi connectivity index (χ4n) is 6.18. The first-order valence-corrected chi connectivity index (χ1v) is 12.4. The standard InChI is InChI=1S/C20H36O2Si/c1-17(2,3)23(7,8)22-15-13-20-16(21)12-14(15)19(20,6)11-9-10-18(20,4)5/h14-15H,9-13H2,1-8H3/t14-,15+,19+,20+/m0/s1. The zero-order valence-electron chi connectivity index (χ0n) is 16.5. The van der Waals surface area contributed by atoms with E-state index >= 15 is 0 Å². The molecule has 0 aliphatic heterocycles. The van der Waals surface area contributed by atoms with Gasteiger partial charge in [-0.25, -0.2) is 0 Å². The first-order valence-electron chi connectivity index (χ1n) is 9.50. The fraction of sp³-hybridized carbons (Fsp3) is 0.950. The maximum Gasteiger partial charge on any atom is 0.192 e. The highest BCUT2D eigenvalue weighted by atomic mass is 28.4. The smallest absolute Gasteiger partial charge is 0.192 e. The summed E-state index contributed by atoms with van der Waals surface area (Å²) in [4.78, 5) is 13.1. The van der Waals surface area contributed by atoms with E-state index in [0.29, 0.717) is 17.8 Å². The molecule has 3 heteroatoms. The average Bonchev–Trinajstić information content (AvgIpc) is 2.72. The van der Waals surface area contributed by atoms with Crippen molar-refractivity contribution >= 4 is 14.1 Å². The Morgan fingerprint density at radius 3 is 2.26 bits per heavy atom. The summed E-state index contributed by atoms with van der Waals surface area (Å²) < 4.78 is 6.88. The van der Waals surface area contributed by atoms with E-state index in [4.69, 9.17) is 4.43 Å². The molecule has 0 aromatic carbocycles. The normalized spacial score (nSPS) is 42.9. The molecular formula is C20H36O2Si. The summed E-state index contributed by atoms with van der Waals surface area (Å²) >= 11 is 0. The van der Waals surface area contributed by atoms with Crippen LogP contribution in [0.1, 0.15) is 73.6 Å². The Bertz CT molecular complexity index is 530. The van der Waals surface area contributed by atoms with Crippen LogP contribution in [0, 0.1) is 22.2 Å². The minimum Gasteiger partial charge on any atom is -0.414 e. The lowest BCUT2D eigenvalue weighted by Gasteiger charge is -2.54. The maximum absolute atomic E-state index is 13.1. The maximum atomic E-state index is 13.1. The third-order valence-electron chi connectivity index (χ3n) is 8.54. The van der Waals surface area contributed by atoms with Gasteiger partial charge in [0.1, 0.15) is 5.78 Å². The van der Waals surface area contributed by atoms with E-state index in [2.05, 4.69) is 54.6 Å². The molecule has 0 aromatic heterocycles. The summed E-state index contributed by atoms with van der Waals surface area (Å²) in [5.74, 6) is 0.994. The van der Waals surface area contributed by atoms with Gasteiger partial charge in [0, 0.05) is 17.9 Å². The number of hydrogen-bond donors (Lipinski definition) is 0. The molecule has 0 N–H and O–H groups in total. The van der Waals surface area contributed by atoms with Crippen molar-refractivity contribution < 1.29 is 9.22 Å². The van der Waals surface area contributed by atoms with Gasteiger partial charge < -0.3 is 4.43 Å². The largest absolute Gasteiger partial charge is 0.414 e. The predicted octanol–water partition coefficient (Wildman–Crippen LogP) is 5.57. The zero-order chi connectivity index (χ0) is 17.5. The van der Waals surface area contributed by atoms with Gasteiger partial charge in [0.25, 0.3) is 0 Å². The van der Waals surface area contributed by atoms with E-state index in [1.54, 1.807) is 0 Å². The van der Waals surface area contributed by atoms with Crippen LogP contribution in [0.15, 0.2) is 0 Å². The summed E-state index contributed by atoms with van der Waals surface area (Å²) in [7, 11) is -1.79. The van der Waals surface area contributed by atoms with E-state index < -0.39 is 8.32 Å². The van der Waals surface area contributed by atoms with Crippen molar-refractivity contribution in [2.24, 2.45) is 22.2 Å². The first-order chi connectivity index (χ1) is 10.3. The van der Waals surface area contributed by atoms with Gasteiger partial charge in [0.2, 0.25) is 0 Å². The number of rotatable bonds is 2. The van der Waals surface area contributed by atoms with Crippen LogP contribution in [-0.4, -0.2) is 20.2 Å². The number of ketones is 1. The molecule has 0 unspecified atom stereocenters. The third kappa shape index (κ3) is 2.05. The molecular weight excluding hydrogens is 300 g/mol. The van der Waals surface area contributed by atoms with Gasteiger partial charge in [0.15, 0.2) is 8.32 Å². The number of Topliss-reactive ketones (excluding diaryl/α,β-unsaturated/α-hetero) is 1. The van der Waals surface area contributed by atoms with E-state index in [1.807, 2.05) is 0 Å². The molecule has 0 saturated heterocycles. The minimum atomic E-state index is -1.79. The second kappa shape index (κ2) is 4.72. The third-order valence-corrected chi connectivity index (χ3v) is 13.0. The fourth-order valence-corrected chi connectivity index (χ4v) is 7.54. The Balaban J connectivity index is 1.97. The van der Waals surface area contributed by atoms with Gasteiger partial charge in [-0.2, -0.15) is 0 Å². The van der Waals surface area contributed by atoms with E-state index in [0.717, 1.165) is 12.8 Å². The van der Waals surface area contributed by atoms with Crippen LogP contribution in [0.3, 0.4) is 0 Å². The van der Waals surface area contributed by atoms with Gasteiger partial charge in [-0.1, -0.05) is 48.0 Å². The topological polar surface area (TPSA) is 26.3 Å². The van der Waals surface area contributed by atoms with Crippen LogP contribution in [0.5, 0.6) is 0 Å². The van der Waals surface area contributed by atoms with Crippen LogP contribution < -0.4 is 0 Å². The first kappa shape index (κ1) is 17.7. The average molecular weight is 337 g/mol. The molecule has 0 spiro atoms. The highest BCUT2D eigenvalue weighted by Crippen LogP contribution is 2.75. The lowest BCUT2D eigenvalue weighted by Crippen LogP contribution is -2.52. The summed E-state index contributed by atoms with van der Waals surface area (Å²) in [6.45, 7) is 18.8. The SMILES string of the molecule is CC1(C)CCC[C@]2(C)[C@H]3CC(=O)[C@]12C[C@H]3O[Si](C)(C)C(C)(C)C. The Hall–Kier alpha value is -0.153. The molecule has 3 aliphatic carbocycles. The van der Waals surface area contributed by atoms with Gasteiger partial charge in [-0.05, 0) is 54.1 Å². The number of carbonyl (C=O) groups excluding carboxylic acids is 1. The Kier molecular flexibility index (Phi) is 3.63. The summed E-state index contributed by atoms with van der Waals surface area (Å²) in [6, 6.07) is 0. The van der Waals surface area contributed by atoms with Crippen LogP contribution in [-0.2, 0) is 9.22 Å². The highest BCUT2D eigenvalue weighted by Gasteiger charge is 2.75. The second-order valence-electron chi connectivity index (χ2n) is 10.9. The molecule has 132 valence electrons. The monoisotopic (exact) mass is 336 g/mol. The molecule has 0 radical (unpaired) electrons. The molecule has 3 fully saturated rings. The zero-order valence-corrected chi connectivity index (χ0v) is 17.5. The Morgan fingerprint density at radius 1 is 1.13 bits per heavy atom. The van der Waals surface area contributed by atoms with Crippen molar-refractivity contribution in [2.75, 3.05) is 0 Å². The van der Waals surface area contributed by atoms with Gasteiger partial charge in [-0.15, -0.1) is 0 Å². The van der Waals surface area contributed by atoms with Gasteiger partial charge in [0.05, 0.1) is 0 Å². The Labute approximate surface area is 143 Å². The molecule has 3 rings (SSSR count). The summed E-state index contributed by atoms with van der Waals surface area (Å²) in [5.41, 5.74) is 0.159. The summed E-state index contributed by atoms with van der Waals surface area (Å²) in [5, 5.41) is 0.234. The second-order valence-corrected chi connectivity index (χ2v) is 15.7. The van der Waals surface area contributed by atoms with Crippen LogP contribution in [0.25, 0.3) is 0 Å². The molecule has 2 bridgehead atoms. The molecule has 0 amide bonds. The van der Waals surface area contributed by atoms with Gasteiger partial charge in [-0.3, -0.25) is 4.79 Å². The lowest BCUT2D eigenvalue weighted by molar-refractivity contribution is -0.146. The van der Waals surface area contributed by atoms with E-state index in [1.165, 1.54) is 19.3 Å². The molecule has 23 heavy (non-hydrogen) atoms.